The van der Waals surface area contributed by atoms with E-state index in [2.05, 4.69) is 65.1 Å². The smallest absolute Gasteiger partial charge is 0.255 e. The molecule has 0 saturated carbocycles. The molecule has 0 radical (unpaired) electrons. The molecular weight excluding hydrogens is 434 g/mol. The number of rotatable bonds is 10. The van der Waals surface area contributed by atoms with Gasteiger partial charge in [0, 0.05) is 23.9 Å². The summed E-state index contributed by atoms with van der Waals surface area (Å²) in [6, 6.07) is 17.6. The Kier molecular flexibility index (Phi) is 8.15. The molecule has 0 heterocycles. The Labute approximate surface area is 210 Å². The Morgan fingerprint density at radius 3 is 2.34 bits per heavy atom. The molecule has 3 aromatic carbocycles. The third-order valence-electron chi connectivity index (χ3n) is 7.57. The number of nitrogens with one attached hydrogen (secondary N) is 1. The van der Waals surface area contributed by atoms with Gasteiger partial charge < -0.3 is 15.2 Å². The number of phenolic OH excluding ortho intramolecular Hbond substituents is 1. The van der Waals surface area contributed by atoms with Crippen LogP contribution in [0.25, 0.3) is 10.8 Å². The van der Waals surface area contributed by atoms with E-state index in [0.717, 1.165) is 24.0 Å². The van der Waals surface area contributed by atoms with Gasteiger partial charge in [0.1, 0.15) is 11.5 Å². The van der Waals surface area contributed by atoms with E-state index in [1.54, 1.807) is 6.07 Å². The van der Waals surface area contributed by atoms with Gasteiger partial charge in [0.05, 0.1) is 11.7 Å². The van der Waals surface area contributed by atoms with Crippen LogP contribution in [0, 0.1) is 0 Å². The molecular formula is C31H41NO3. The molecule has 1 atom stereocenters. The van der Waals surface area contributed by atoms with Gasteiger partial charge in [-0.1, -0.05) is 84.0 Å². The third kappa shape index (κ3) is 5.98. The van der Waals surface area contributed by atoms with Crippen LogP contribution in [0.1, 0.15) is 89.2 Å². The molecule has 0 aliphatic carbocycles. The average molecular weight is 476 g/mol. The summed E-state index contributed by atoms with van der Waals surface area (Å²) in [6.45, 7) is 16.0. The number of aromatic hydroxyl groups is 1. The van der Waals surface area contributed by atoms with E-state index in [4.69, 9.17) is 4.74 Å². The second-order valence-electron chi connectivity index (χ2n) is 10.8. The highest BCUT2D eigenvalue weighted by molar-refractivity contribution is 6.03. The minimum absolute atomic E-state index is 0.00326. The number of amides is 1. The predicted octanol–water partition coefficient (Wildman–Crippen LogP) is 7.51. The van der Waals surface area contributed by atoms with E-state index in [0.29, 0.717) is 23.9 Å². The van der Waals surface area contributed by atoms with Crippen LogP contribution in [-0.2, 0) is 10.8 Å². The van der Waals surface area contributed by atoms with E-state index in [-0.39, 0.29) is 28.6 Å². The molecule has 188 valence electrons. The number of benzene rings is 3. The maximum absolute atomic E-state index is 12.7. The highest BCUT2D eigenvalue weighted by atomic mass is 16.5. The van der Waals surface area contributed by atoms with Crippen molar-refractivity contribution in [1.29, 1.82) is 0 Å². The van der Waals surface area contributed by atoms with E-state index in [9.17, 15) is 9.90 Å². The Bertz CT molecular complexity index is 1180. The summed E-state index contributed by atoms with van der Waals surface area (Å²) < 4.78 is 6.40. The lowest BCUT2D eigenvalue weighted by molar-refractivity contribution is 0.0945. The fraction of sp³-hybridized carbons (Fsp3) is 0.452. The van der Waals surface area contributed by atoms with Crippen LogP contribution in [0.5, 0.6) is 11.5 Å². The highest BCUT2D eigenvalue weighted by Crippen LogP contribution is 2.39. The van der Waals surface area contributed by atoms with Gasteiger partial charge in [-0.05, 0) is 53.7 Å². The minimum atomic E-state index is -0.278. The zero-order valence-corrected chi connectivity index (χ0v) is 22.4. The summed E-state index contributed by atoms with van der Waals surface area (Å²) in [5.74, 6) is 0.657. The molecule has 0 saturated heterocycles. The van der Waals surface area contributed by atoms with Crippen molar-refractivity contribution >= 4 is 16.7 Å². The summed E-state index contributed by atoms with van der Waals surface area (Å²) in [6.07, 6.45) is 2.67. The van der Waals surface area contributed by atoms with Gasteiger partial charge in [-0.25, -0.2) is 0 Å². The van der Waals surface area contributed by atoms with Crippen LogP contribution >= 0.6 is 0 Å². The number of fused-ring (bicyclic) bond motifs is 1. The number of ether oxygens (including phenoxy) is 1. The lowest BCUT2D eigenvalue weighted by atomic mass is 9.76. The lowest BCUT2D eigenvalue weighted by Crippen LogP contribution is -2.28. The van der Waals surface area contributed by atoms with Gasteiger partial charge in [-0.15, -0.1) is 0 Å². The fourth-order valence-electron chi connectivity index (χ4n) is 4.18. The van der Waals surface area contributed by atoms with E-state index in [1.807, 2.05) is 37.3 Å². The Morgan fingerprint density at radius 2 is 1.66 bits per heavy atom. The van der Waals surface area contributed by atoms with Gasteiger partial charge in [0.25, 0.3) is 5.91 Å². The van der Waals surface area contributed by atoms with Crippen molar-refractivity contribution in [3.05, 3.63) is 71.3 Å². The topological polar surface area (TPSA) is 58.6 Å². The summed E-state index contributed by atoms with van der Waals surface area (Å²) in [5, 5.41) is 15.1. The first kappa shape index (κ1) is 26.6. The fourth-order valence-corrected chi connectivity index (χ4v) is 4.18. The Hall–Kier alpha value is -3.01. The molecule has 2 N–H and O–H groups in total. The number of carbonyl (C=O) groups is 1. The minimum Gasteiger partial charge on any atom is -0.506 e. The van der Waals surface area contributed by atoms with E-state index < -0.39 is 0 Å². The van der Waals surface area contributed by atoms with Crippen molar-refractivity contribution in [3.63, 3.8) is 0 Å². The SMILES string of the molecule is CCC(C)(C)c1ccc(OC(C)CCNC(=O)c2ccc3ccccc3c2O)c(C(C)(C)CC)c1. The number of carbonyl (C=O) groups excluding carboxylic acids is 1. The zero-order chi connectivity index (χ0) is 25.8. The Balaban J connectivity index is 1.68. The highest BCUT2D eigenvalue weighted by Gasteiger charge is 2.27. The van der Waals surface area contributed by atoms with Gasteiger partial charge >= 0.3 is 0 Å². The molecule has 0 aromatic heterocycles. The molecule has 1 amide bonds. The molecule has 3 aromatic rings. The summed E-state index contributed by atoms with van der Waals surface area (Å²) in [7, 11) is 0. The van der Waals surface area contributed by atoms with Crippen LogP contribution in [0.3, 0.4) is 0 Å². The Morgan fingerprint density at radius 1 is 0.971 bits per heavy atom. The maximum Gasteiger partial charge on any atom is 0.255 e. The maximum atomic E-state index is 12.7. The van der Waals surface area contributed by atoms with Crippen molar-refractivity contribution < 1.29 is 14.6 Å². The zero-order valence-electron chi connectivity index (χ0n) is 22.4. The molecule has 0 aliphatic rings. The first-order valence-corrected chi connectivity index (χ1v) is 12.8. The first-order chi connectivity index (χ1) is 16.5. The van der Waals surface area contributed by atoms with Gasteiger partial charge in [0.15, 0.2) is 0 Å². The third-order valence-corrected chi connectivity index (χ3v) is 7.57. The van der Waals surface area contributed by atoms with Crippen LogP contribution < -0.4 is 10.1 Å². The summed E-state index contributed by atoms with van der Waals surface area (Å²) in [5.41, 5.74) is 2.96. The molecule has 1 unspecified atom stereocenters. The molecule has 0 spiro atoms. The van der Waals surface area contributed by atoms with Crippen molar-refractivity contribution in [2.45, 2.75) is 84.7 Å². The van der Waals surface area contributed by atoms with E-state index >= 15 is 0 Å². The molecule has 3 rings (SSSR count). The average Bonchev–Trinajstić information content (AvgIpc) is 2.84. The second kappa shape index (κ2) is 10.7. The molecule has 4 nitrogen and oxygen atoms in total. The van der Waals surface area contributed by atoms with Crippen molar-refractivity contribution in [2.75, 3.05) is 6.54 Å². The van der Waals surface area contributed by atoms with E-state index in [1.165, 1.54) is 11.1 Å². The lowest BCUT2D eigenvalue weighted by Gasteiger charge is -2.31. The quantitative estimate of drug-likeness (QED) is 0.319. The molecule has 35 heavy (non-hydrogen) atoms. The summed E-state index contributed by atoms with van der Waals surface area (Å²) >= 11 is 0. The van der Waals surface area contributed by atoms with Gasteiger partial charge in [0.2, 0.25) is 0 Å². The van der Waals surface area contributed by atoms with Gasteiger partial charge in [-0.2, -0.15) is 0 Å². The van der Waals surface area contributed by atoms with Crippen LogP contribution in [-0.4, -0.2) is 23.7 Å². The van der Waals surface area contributed by atoms with Gasteiger partial charge in [-0.3, -0.25) is 4.79 Å². The second-order valence-corrected chi connectivity index (χ2v) is 10.8. The first-order valence-electron chi connectivity index (χ1n) is 12.8. The molecule has 4 heteroatoms. The van der Waals surface area contributed by atoms with Crippen LogP contribution in [0.15, 0.2) is 54.6 Å². The number of phenols is 1. The normalized spacial score (nSPS) is 13.0. The van der Waals surface area contributed by atoms with Crippen LogP contribution in [0.4, 0.5) is 0 Å². The molecule has 0 fully saturated rings. The predicted molar refractivity (Wildman–Crippen MR) is 146 cm³/mol. The molecule has 0 aliphatic heterocycles. The van der Waals surface area contributed by atoms with Crippen molar-refractivity contribution in [1.82, 2.24) is 5.32 Å². The number of hydrogen-bond acceptors (Lipinski definition) is 3. The van der Waals surface area contributed by atoms with Crippen LogP contribution in [0.2, 0.25) is 0 Å². The summed E-state index contributed by atoms with van der Waals surface area (Å²) in [4.78, 5) is 12.7. The number of hydrogen-bond donors (Lipinski definition) is 2. The monoisotopic (exact) mass is 475 g/mol. The standard InChI is InChI=1S/C31H41NO3/c1-8-30(4,5)23-15-17-27(26(20-23)31(6,7)9-2)35-21(3)18-19-32-29(34)25-16-14-22-12-10-11-13-24(22)28(25)33/h10-17,20-21,33H,8-9,18-19H2,1-7H3,(H,32,34). The van der Waals surface area contributed by atoms with Crippen molar-refractivity contribution in [2.24, 2.45) is 0 Å². The van der Waals surface area contributed by atoms with Crippen molar-refractivity contribution in [3.8, 4) is 11.5 Å². The molecule has 0 bridgehead atoms. The largest absolute Gasteiger partial charge is 0.506 e.